The van der Waals surface area contributed by atoms with Gasteiger partial charge in [0, 0.05) is 0 Å². The van der Waals surface area contributed by atoms with Gasteiger partial charge in [0.15, 0.2) is 0 Å². The maximum Gasteiger partial charge on any atom is 0.265 e. The van der Waals surface area contributed by atoms with Crippen LogP contribution < -0.4 is 16.5 Å². The van der Waals surface area contributed by atoms with Crippen LogP contribution in [-0.4, -0.2) is 29.1 Å². The fourth-order valence-corrected chi connectivity index (χ4v) is 2.02. The lowest BCUT2D eigenvalue weighted by atomic mass is 10.0. The number of nitrogens with two attached hydrogens (primary N) is 1. The highest BCUT2D eigenvalue weighted by Crippen LogP contribution is 2.06. The van der Waals surface area contributed by atoms with Crippen molar-refractivity contribution in [1.82, 2.24) is 10.8 Å². The molecule has 0 bridgehead atoms. The molecule has 1 aromatic rings. The topological polar surface area (TPSA) is 104 Å². The molecule has 0 aliphatic rings. The van der Waals surface area contributed by atoms with Gasteiger partial charge in [-0.25, -0.2) is 5.48 Å². The maximum atomic E-state index is 12.1. The fourth-order valence-electron chi connectivity index (χ4n) is 2.02. The van der Waals surface area contributed by atoms with Crippen molar-refractivity contribution < 1.29 is 14.8 Å². The van der Waals surface area contributed by atoms with Crippen LogP contribution in [0.1, 0.15) is 25.8 Å². The second kappa shape index (κ2) is 8.39. The summed E-state index contributed by atoms with van der Waals surface area (Å²) in [7, 11) is 0. The Labute approximate surface area is 124 Å². The molecule has 1 rings (SSSR count). The van der Waals surface area contributed by atoms with Gasteiger partial charge >= 0.3 is 0 Å². The minimum Gasteiger partial charge on any atom is -0.343 e. The lowest BCUT2D eigenvalue weighted by Gasteiger charge is -2.21. The van der Waals surface area contributed by atoms with E-state index in [1.165, 1.54) is 0 Å². The number of rotatable bonds is 7. The van der Waals surface area contributed by atoms with Gasteiger partial charge in [0.05, 0.1) is 6.04 Å². The quantitative estimate of drug-likeness (QED) is 0.436. The molecule has 0 radical (unpaired) electrons. The zero-order valence-electron chi connectivity index (χ0n) is 12.4. The average molecular weight is 293 g/mol. The van der Waals surface area contributed by atoms with Crippen molar-refractivity contribution in [2.45, 2.75) is 38.8 Å². The first-order valence-electron chi connectivity index (χ1n) is 6.97. The van der Waals surface area contributed by atoms with Gasteiger partial charge < -0.3 is 11.1 Å². The summed E-state index contributed by atoms with van der Waals surface area (Å²) in [5.74, 6) is -0.852. The van der Waals surface area contributed by atoms with Gasteiger partial charge in [-0.2, -0.15) is 0 Å². The Kier molecular flexibility index (Phi) is 6.84. The molecule has 0 aromatic heterocycles. The van der Waals surface area contributed by atoms with E-state index in [1.807, 2.05) is 44.2 Å². The highest BCUT2D eigenvalue weighted by atomic mass is 16.5. The molecule has 2 amide bonds. The minimum atomic E-state index is -0.788. The van der Waals surface area contributed by atoms with Crippen LogP contribution in [0.2, 0.25) is 0 Å². The van der Waals surface area contributed by atoms with Gasteiger partial charge in [-0.3, -0.25) is 14.8 Å². The van der Waals surface area contributed by atoms with Crippen LogP contribution >= 0.6 is 0 Å². The highest BCUT2D eigenvalue weighted by Gasteiger charge is 2.24. The molecule has 6 heteroatoms. The van der Waals surface area contributed by atoms with Gasteiger partial charge in [0.1, 0.15) is 6.04 Å². The molecule has 0 fully saturated rings. The summed E-state index contributed by atoms with van der Waals surface area (Å²) in [6, 6.07) is 7.89. The largest absolute Gasteiger partial charge is 0.343 e. The van der Waals surface area contributed by atoms with Crippen LogP contribution in [0.15, 0.2) is 30.3 Å². The van der Waals surface area contributed by atoms with Gasteiger partial charge in [-0.05, 0) is 24.3 Å². The first kappa shape index (κ1) is 17.1. The van der Waals surface area contributed by atoms with Crippen LogP contribution in [0.5, 0.6) is 0 Å². The lowest BCUT2D eigenvalue weighted by Crippen LogP contribution is -2.52. The Balaban J connectivity index is 2.61. The maximum absolute atomic E-state index is 12.1. The molecular weight excluding hydrogens is 270 g/mol. The van der Waals surface area contributed by atoms with Crippen molar-refractivity contribution in [3.8, 4) is 0 Å². The summed E-state index contributed by atoms with van der Waals surface area (Å²) >= 11 is 0. The Morgan fingerprint density at radius 2 is 1.81 bits per heavy atom. The van der Waals surface area contributed by atoms with E-state index in [4.69, 9.17) is 10.9 Å². The SMILES string of the molecule is CC(C)C[C@H](NC(=O)[C@@H](N)Cc1ccccc1)C(=O)NO. The van der Waals surface area contributed by atoms with Crippen molar-refractivity contribution in [3.05, 3.63) is 35.9 Å². The molecule has 2 atom stereocenters. The van der Waals surface area contributed by atoms with Gasteiger partial charge in [0.25, 0.3) is 5.91 Å². The minimum absolute atomic E-state index is 0.193. The van der Waals surface area contributed by atoms with Gasteiger partial charge in [-0.15, -0.1) is 0 Å². The van der Waals surface area contributed by atoms with Crippen LogP contribution in [0.3, 0.4) is 0 Å². The first-order chi connectivity index (χ1) is 9.93. The van der Waals surface area contributed by atoms with E-state index in [0.717, 1.165) is 5.56 Å². The van der Waals surface area contributed by atoms with E-state index in [1.54, 1.807) is 5.48 Å². The molecule has 0 saturated carbocycles. The van der Waals surface area contributed by atoms with Crippen LogP contribution in [0.4, 0.5) is 0 Å². The molecule has 21 heavy (non-hydrogen) atoms. The third kappa shape index (κ3) is 5.93. The lowest BCUT2D eigenvalue weighted by molar-refractivity contribution is -0.135. The van der Waals surface area contributed by atoms with Crippen molar-refractivity contribution in [1.29, 1.82) is 0 Å². The molecule has 1 aromatic carbocycles. The van der Waals surface area contributed by atoms with Crippen molar-refractivity contribution >= 4 is 11.8 Å². The number of carbonyl (C=O) groups is 2. The van der Waals surface area contributed by atoms with Crippen molar-refractivity contribution in [3.63, 3.8) is 0 Å². The Morgan fingerprint density at radius 1 is 1.19 bits per heavy atom. The third-order valence-electron chi connectivity index (χ3n) is 3.09. The summed E-state index contributed by atoms with van der Waals surface area (Å²) in [6.07, 6.45) is 0.817. The predicted octanol–water partition coefficient (Wildman–Crippen LogP) is 0.593. The second-order valence-electron chi connectivity index (χ2n) is 5.46. The summed E-state index contributed by atoms with van der Waals surface area (Å²) in [6.45, 7) is 3.85. The Morgan fingerprint density at radius 3 is 2.33 bits per heavy atom. The van der Waals surface area contributed by atoms with Gasteiger partial charge in [-0.1, -0.05) is 44.2 Å². The summed E-state index contributed by atoms with van der Waals surface area (Å²) in [4.78, 5) is 23.6. The van der Waals surface area contributed by atoms with Crippen LogP contribution in [-0.2, 0) is 16.0 Å². The van der Waals surface area contributed by atoms with E-state index in [9.17, 15) is 9.59 Å². The van der Waals surface area contributed by atoms with Crippen LogP contribution in [0, 0.1) is 5.92 Å². The van der Waals surface area contributed by atoms with E-state index in [-0.39, 0.29) is 5.92 Å². The molecular formula is C15H23N3O3. The van der Waals surface area contributed by atoms with E-state index in [2.05, 4.69) is 5.32 Å². The number of amides is 2. The van der Waals surface area contributed by atoms with E-state index >= 15 is 0 Å². The highest BCUT2D eigenvalue weighted by molar-refractivity contribution is 5.89. The second-order valence-corrected chi connectivity index (χ2v) is 5.46. The standard InChI is InChI=1S/C15H23N3O3/c1-10(2)8-13(15(20)18-21)17-14(19)12(16)9-11-6-4-3-5-7-11/h3-7,10,12-13,21H,8-9,16H2,1-2H3,(H,17,19)(H,18,20)/t12-,13-/m0/s1. The van der Waals surface area contributed by atoms with Gasteiger partial charge in [0.2, 0.25) is 5.91 Å². The molecule has 116 valence electrons. The smallest absolute Gasteiger partial charge is 0.265 e. The molecule has 0 unspecified atom stereocenters. The van der Waals surface area contributed by atoms with Crippen LogP contribution in [0.25, 0.3) is 0 Å². The molecule has 6 nitrogen and oxygen atoms in total. The third-order valence-corrected chi connectivity index (χ3v) is 3.09. The molecule has 0 aliphatic carbocycles. The van der Waals surface area contributed by atoms with E-state index in [0.29, 0.717) is 12.8 Å². The van der Waals surface area contributed by atoms with Crippen molar-refractivity contribution in [2.75, 3.05) is 0 Å². The monoisotopic (exact) mass is 293 g/mol. The number of hydrogen-bond donors (Lipinski definition) is 4. The average Bonchev–Trinajstić information content (AvgIpc) is 2.46. The predicted molar refractivity (Wildman–Crippen MR) is 79.4 cm³/mol. The normalized spacial score (nSPS) is 13.6. The molecule has 0 spiro atoms. The van der Waals surface area contributed by atoms with Crippen molar-refractivity contribution in [2.24, 2.45) is 11.7 Å². The Hall–Kier alpha value is -1.92. The molecule has 0 saturated heterocycles. The zero-order chi connectivity index (χ0) is 15.8. The Bertz CT molecular complexity index is 462. The summed E-state index contributed by atoms with van der Waals surface area (Å²) in [5, 5.41) is 11.3. The summed E-state index contributed by atoms with van der Waals surface area (Å²) < 4.78 is 0. The molecule has 0 heterocycles. The fraction of sp³-hybridized carbons (Fsp3) is 0.467. The summed E-state index contributed by atoms with van der Waals surface area (Å²) in [5.41, 5.74) is 8.38. The molecule has 0 aliphatic heterocycles. The number of benzene rings is 1. The zero-order valence-corrected chi connectivity index (χ0v) is 12.4. The first-order valence-corrected chi connectivity index (χ1v) is 6.97. The number of nitrogens with one attached hydrogen (secondary N) is 2. The molecule has 5 N–H and O–H groups in total. The number of carbonyl (C=O) groups excluding carboxylic acids is 2. The number of hydrogen-bond acceptors (Lipinski definition) is 4. The number of hydroxylamine groups is 1. The van der Waals surface area contributed by atoms with E-state index < -0.39 is 23.9 Å².